The average molecular weight is 185 g/mol. The number of aliphatic hydroxyl groups is 1. The van der Waals surface area contributed by atoms with Crippen molar-refractivity contribution < 1.29 is 15.0 Å². The second-order valence-electron chi connectivity index (χ2n) is 2.55. The predicted octanol–water partition coefficient (Wildman–Crippen LogP) is -0.714. The molecule has 0 aromatic carbocycles. The highest BCUT2D eigenvalue weighted by Gasteiger charge is 2.16. The van der Waals surface area contributed by atoms with Gasteiger partial charge in [0.1, 0.15) is 12.2 Å². The Bertz CT molecular complexity index is 297. The lowest BCUT2D eigenvalue weighted by Gasteiger charge is -2.05. The average Bonchev–Trinajstić information content (AvgIpc) is 2.51. The lowest BCUT2D eigenvalue weighted by Crippen LogP contribution is -2.24. The molecule has 6 heteroatoms. The lowest BCUT2D eigenvalue weighted by molar-refractivity contribution is -0.146. The number of hydrogen-bond acceptors (Lipinski definition) is 4. The number of aliphatic carboxylic acids is 1. The molecule has 6 nitrogen and oxygen atoms in total. The second kappa shape index (κ2) is 3.99. The first kappa shape index (κ1) is 9.66. The highest BCUT2D eigenvalue weighted by molar-refractivity contribution is 5.72. The van der Waals surface area contributed by atoms with Gasteiger partial charge in [0.05, 0.1) is 0 Å². The van der Waals surface area contributed by atoms with Crippen LogP contribution in [0.3, 0.4) is 0 Å². The van der Waals surface area contributed by atoms with Crippen LogP contribution < -0.4 is 0 Å². The molecule has 0 bridgehead atoms. The van der Waals surface area contributed by atoms with Crippen molar-refractivity contribution in [1.82, 2.24) is 14.8 Å². The maximum Gasteiger partial charge on any atom is 0.332 e. The maximum atomic E-state index is 10.3. The van der Waals surface area contributed by atoms with E-state index in [1.807, 2.05) is 6.92 Å². The van der Waals surface area contributed by atoms with Gasteiger partial charge in [0.15, 0.2) is 6.10 Å². The zero-order valence-corrected chi connectivity index (χ0v) is 7.21. The number of nitrogens with zero attached hydrogens (tertiary/aromatic N) is 3. The van der Waals surface area contributed by atoms with Crippen LogP contribution in [0.15, 0.2) is 6.33 Å². The van der Waals surface area contributed by atoms with Gasteiger partial charge in [-0.3, -0.25) is 4.68 Å². The zero-order chi connectivity index (χ0) is 9.84. The van der Waals surface area contributed by atoms with E-state index >= 15 is 0 Å². The summed E-state index contributed by atoms with van der Waals surface area (Å²) >= 11 is 0. The molecule has 0 aliphatic heterocycles. The van der Waals surface area contributed by atoms with Crippen LogP contribution in [-0.2, 0) is 17.8 Å². The molecule has 1 aromatic rings. The van der Waals surface area contributed by atoms with E-state index in [-0.39, 0.29) is 6.42 Å². The summed E-state index contributed by atoms with van der Waals surface area (Å²) in [5.41, 5.74) is 0. The number of aromatic nitrogens is 3. The van der Waals surface area contributed by atoms with E-state index in [0.717, 1.165) is 0 Å². The van der Waals surface area contributed by atoms with Gasteiger partial charge in [0.2, 0.25) is 0 Å². The molecule has 1 atom stereocenters. The van der Waals surface area contributed by atoms with Gasteiger partial charge in [-0.2, -0.15) is 5.10 Å². The van der Waals surface area contributed by atoms with E-state index in [4.69, 9.17) is 10.2 Å². The van der Waals surface area contributed by atoms with Crippen LogP contribution in [-0.4, -0.2) is 37.1 Å². The Morgan fingerprint density at radius 1 is 1.77 bits per heavy atom. The van der Waals surface area contributed by atoms with E-state index < -0.39 is 12.1 Å². The van der Waals surface area contributed by atoms with Crippen molar-refractivity contribution >= 4 is 5.97 Å². The Hall–Kier alpha value is -1.43. The van der Waals surface area contributed by atoms with Crippen LogP contribution in [0.4, 0.5) is 0 Å². The summed E-state index contributed by atoms with van der Waals surface area (Å²) in [6, 6.07) is 0. The Balaban J connectivity index is 2.68. The second-order valence-corrected chi connectivity index (χ2v) is 2.55. The zero-order valence-electron chi connectivity index (χ0n) is 7.21. The molecule has 0 radical (unpaired) electrons. The van der Waals surface area contributed by atoms with Crippen LogP contribution in [0.5, 0.6) is 0 Å². The summed E-state index contributed by atoms with van der Waals surface area (Å²) in [7, 11) is 0. The molecule has 0 amide bonds. The number of rotatable bonds is 4. The molecule has 1 unspecified atom stereocenters. The van der Waals surface area contributed by atoms with Crippen LogP contribution >= 0.6 is 0 Å². The standard InChI is InChI=1S/C7H11N3O3/c1-2-10-6(8-4-9-10)3-5(11)7(12)13/h4-5,11H,2-3H2,1H3,(H,12,13). The van der Waals surface area contributed by atoms with Gasteiger partial charge in [0.25, 0.3) is 0 Å². The predicted molar refractivity (Wildman–Crippen MR) is 43.0 cm³/mol. The summed E-state index contributed by atoms with van der Waals surface area (Å²) in [4.78, 5) is 14.2. The molecule has 0 saturated carbocycles. The molecule has 13 heavy (non-hydrogen) atoms. The minimum Gasteiger partial charge on any atom is -0.479 e. The molecule has 72 valence electrons. The molecule has 2 N–H and O–H groups in total. The molecule has 1 aromatic heterocycles. The summed E-state index contributed by atoms with van der Waals surface area (Å²) in [6.45, 7) is 2.48. The van der Waals surface area contributed by atoms with E-state index in [1.54, 1.807) is 4.68 Å². The van der Waals surface area contributed by atoms with Crippen LogP contribution in [0.25, 0.3) is 0 Å². The Morgan fingerprint density at radius 2 is 2.46 bits per heavy atom. The number of hydrogen-bond donors (Lipinski definition) is 2. The summed E-state index contributed by atoms with van der Waals surface area (Å²) in [6.07, 6.45) is -0.0779. The lowest BCUT2D eigenvalue weighted by atomic mass is 10.2. The van der Waals surface area contributed by atoms with E-state index in [2.05, 4.69) is 10.1 Å². The molecule has 1 rings (SSSR count). The third-order valence-corrected chi connectivity index (χ3v) is 1.66. The van der Waals surface area contributed by atoms with E-state index in [9.17, 15) is 4.79 Å². The first-order chi connectivity index (χ1) is 6.15. The van der Waals surface area contributed by atoms with Gasteiger partial charge < -0.3 is 10.2 Å². The Kier molecular flexibility index (Phi) is 2.97. The van der Waals surface area contributed by atoms with Gasteiger partial charge in [-0.15, -0.1) is 0 Å². The molecule has 0 fully saturated rings. The van der Waals surface area contributed by atoms with Crippen molar-refractivity contribution in [2.75, 3.05) is 0 Å². The summed E-state index contributed by atoms with van der Waals surface area (Å²) in [5.74, 6) is -0.761. The fraction of sp³-hybridized carbons (Fsp3) is 0.571. The largest absolute Gasteiger partial charge is 0.479 e. The Morgan fingerprint density at radius 3 is 3.00 bits per heavy atom. The van der Waals surface area contributed by atoms with Gasteiger partial charge in [-0.05, 0) is 6.92 Å². The van der Waals surface area contributed by atoms with Gasteiger partial charge in [-0.25, -0.2) is 9.78 Å². The highest BCUT2D eigenvalue weighted by Crippen LogP contribution is 1.99. The SMILES string of the molecule is CCn1ncnc1CC(O)C(=O)O. The minimum absolute atomic E-state index is 0.0107. The number of carboxylic acid groups (broad SMARTS) is 1. The Labute approximate surface area is 74.8 Å². The topological polar surface area (TPSA) is 88.2 Å². The molecule has 0 aliphatic carbocycles. The van der Waals surface area contributed by atoms with Crippen LogP contribution in [0.1, 0.15) is 12.7 Å². The number of carbonyl (C=O) groups is 1. The normalized spacial score (nSPS) is 12.8. The van der Waals surface area contributed by atoms with Crippen molar-refractivity contribution in [2.45, 2.75) is 26.0 Å². The fourth-order valence-electron chi connectivity index (χ4n) is 0.971. The first-order valence-corrected chi connectivity index (χ1v) is 3.92. The van der Waals surface area contributed by atoms with Crippen molar-refractivity contribution in [3.63, 3.8) is 0 Å². The van der Waals surface area contributed by atoms with E-state index in [0.29, 0.717) is 12.4 Å². The van der Waals surface area contributed by atoms with Gasteiger partial charge >= 0.3 is 5.97 Å². The number of carboxylic acids is 1. The smallest absolute Gasteiger partial charge is 0.332 e. The summed E-state index contributed by atoms with van der Waals surface area (Å²) < 4.78 is 1.55. The monoisotopic (exact) mass is 185 g/mol. The highest BCUT2D eigenvalue weighted by atomic mass is 16.4. The van der Waals surface area contributed by atoms with Gasteiger partial charge in [-0.1, -0.05) is 0 Å². The molecule has 1 heterocycles. The minimum atomic E-state index is -1.41. The fourth-order valence-corrected chi connectivity index (χ4v) is 0.971. The van der Waals surface area contributed by atoms with Crippen LogP contribution in [0, 0.1) is 0 Å². The van der Waals surface area contributed by atoms with Crippen molar-refractivity contribution in [3.8, 4) is 0 Å². The van der Waals surface area contributed by atoms with Gasteiger partial charge in [0, 0.05) is 13.0 Å². The molecule has 0 spiro atoms. The van der Waals surface area contributed by atoms with Crippen molar-refractivity contribution in [3.05, 3.63) is 12.2 Å². The summed E-state index contributed by atoms with van der Waals surface area (Å²) in [5, 5.41) is 21.3. The molecule has 0 saturated heterocycles. The third kappa shape index (κ3) is 2.25. The number of aryl methyl sites for hydroxylation is 1. The quantitative estimate of drug-likeness (QED) is 0.646. The number of aliphatic hydroxyl groups excluding tert-OH is 1. The molecular weight excluding hydrogens is 174 g/mol. The van der Waals surface area contributed by atoms with Crippen molar-refractivity contribution in [2.24, 2.45) is 0 Å². The van der Waals surface area contributed by atoms with Crippen LogP contribution in [0.2, 0.25) is 0 Å². The van der Waals surface area contributed by atoms with Crippen molar-refractivity contribution in [1.29, 1.82) is 0 Å². The molecular formula is C7H11N3O3. The first-order valence-electron chi connectivity index (χ1n) is 3.92. The maximum absolute atomic E-state index is 10.3. The van der Waals surface area contributed by atoms with E-state index in [1.165, 1.54) is 6.33 Å². The molecule has 0 aliphatic rings. The third-order valence-electron chi connectivity index (χ3n) is 1.66.